The summed E-state index contributed by atoms with van der Waals surface area (Å²) in [7, 11) is 0. The Morgan fingerprint density at radius 1 is 1.17 bits per heavy atom. The standard InChI is InChI=1S/C8H10Cl2O2/c1-7(2)4(11)5(12)8(3,10)6(7)9/h6H,1-3H3. The van der Waals surface area contributed by atoms with Crippen molar-refractivity contribution < 1.29 is 9.59 Å². The highest BCUT2D eigenvalue weighted by Gasteiger charge is 2.60. The van der Waals surface area contributed by atoms with E-state index in [9.17, 15) is 9.59 Å². The lowest BCUT2D eigenvalue weighted by Gasteiger charge is -2.24. The van der Waals surface area contributed by atoms with E-state index < -0.39 is 27.2 Å². The van der Waals surface area contributed by atoms with Gasteiger partial charge in [0.2, 0.25) is 11.6 Å². The van der Waals surface area contributed by atoms with Crippen LogP contribution >= 0.6 is 23.2 Å². The molecule has 1 fully saturated rings. The molecule has 12 heavy (non-hydrogen) atoms. The molecule has 0 N–H and O–H groups in total. The van der Waals surface area contributed by atoms with Gasteiger partial charge in [-0.05, 0) is 6.92 Å². The normalized spacial score (nSPS) is 40.6. The zero-order valence-electron chi connectivity index (χ0n) is 7.15. The zero-order chi connectivity index (χ0) is 9.73. The number of carbonyl (C=O) groups excluding carboxylic acids is 2. The van der Waals surface area contributed by atoms with Crippen molar-refractivity contribution in [2.24, 2.45) is 5.41 Å². The van der Waals surface area contributed by atoms with E-state index in [-0.39, 0.29) is 0 Å². The Hall–Kier alpha value is -0.0800. The molecule has 0 bridgehead atoms. The topological polar surface area (TPSA) is 34.1 Å². The third kappa shape index (κ3) is 1.01. The molecule has 68 valence electrons. The largest absolute Gasteiger partial charge is 0.290 e. The van der Waals surface area contributed by atoms with E-state index in [1.807, 2.05) is 0 Å². The Bertz CT molecular complexity index is 230. The van der Waals surface area contributed by atoms with Gasteiger partial charge in [0.15, 0.2) is 0 Å². The molecule has 2 nitrogen and oxygen atoms in total. The zero-order valence-corrected chi connectivity index (χ0v) is 8.66. The molecule has 0 radical (unpaired) electrons. The third-order valence-electron chi connectivity index (χ3n) is 2.35. The van der Waals surface area contributed by atoms with Crippen molar-refractivity contribution in [3.63, 3.8) is 0 Å². The number of ketones is 2. The summed E-state index contributed by atoms with van der Waals surface area (Å²) in [6.07, 6.45) is 0. The number of hydrogen-bond donors (Lipinski definition) is 0. The summed E-state index contributed by atoms with van der Waals surface area (Å²) in [4.78, 5) is 21.4. The maximum Gasteiger partial charge on any atom is 0.221 e. The van der Waals surface area contributed by atoms with Gasteiger partial charge in [0.05, 0.1) is 5.38 Å². The van der Waals surface area contributed by atoms with Gasteiger partial charge in [0, 0.05) is 5.41 Å². The van der Waals surface area contributed by atoms with Crippen LogP contribution in [0.3, 0.4) is 0 Å². The molecule has 0 aromatic rings. The molecule has 0 heterocycles. The molecule has 2 atom stereocenters. The smallest absolute Gasteiger partial charge is 0.221 e. The van der Waals surface area contributed by atoms with Crippen LogP contribution in [0.4, 0.5) is 0 Å². The third-order valence-corrected chi connectivity index (χ3v) is 3.83. The van der Waals surface area contributed by atoms with E-state index in [2.05, 4.69) is 0 Å². The molecule has 1 rings (SSSR count). The summed E-state index contributed by atoms with van der Waals surface area (Å²) in [5, 5.41) is -0.633. The molecule has 1 aliphatic carbocycles. The second kappa shape index (κ2) is 2.46. The number of rotatable bonds is 0. The minimum atomic E-state index is -1.23. The van der Waals surface area contributed by atoms with Crippen molar-refractivity contribution in [2.75, 3.05) is 0 Å². The first-order valence-corrected chi connectivity index (χ1v) is 4.46. The Morgan fingerprint density at radius 2 is 1.58 bits per heavy atom. The summed E-state index contributed by atoms with van der Waals surface area (Å²) in [6.45, 7) is 4.76. The fraction of sp³-hybridized carbons (Fsp3) is 0.750. The Kier molecular flexibility index (Phi) is 2.05. The lowest BCUT2D eigenvalue weighted by Crippen LogP contribution is -2.34. The lowest BCUT2D eigenvalue weighted by atomic mass is 9.89. The maximum atomic E-state index is 11.3. The monoisotopic (exact) mass is 208 g/mol. The van der Waals surface area contributed by atoms with Crippen LogP contribution in [0.5, 0.6) is 0 Å². The molecule has 0 aromatic heterocycles. The van der Waals surface area contributed by atoms with Crippen molar-refractivity contribution >= 4 is 34.8 Å². The van der Waals surface area contributed by atoms with Gasteiger partial charge < -0.3 is 0 Å². The van der Waals surface area contributed by atoms with Crippen LogP contribution in [0.25, 0.3) is 0 Å². The molecular formula is C8H10Cl2O2. The van der Waals surface area contributed by atoms with Crippen LogP contribution < -0.4 is 0 Å². The van der Waals surface area contributed by atoms with Crippen molar-refractivity contribution in [2.45, 2.75) is 31.0 Å². The molecule has 1 saturated carbocycles. The predicted octanol–water partition coefficient (Wildman–Crippen LogP) is 1.77. The van der Waals surface area contributed by atoms with Gasteiger partial charge in [-0.15, -0.1) is 23.2 Å². The molecule has 0 amide bonds. The first-order chi connectivity index (χ1) is 5.22. The average molecular weight is 209 g/mol. The van der Waals surface area contributed by atoms with Crippen LogP contribution in [0.1, 0.15) is 20.8 Å². The molecule has 2 unspecified atom stereocenters. The summed E-state index contributed by atoms with van der Waals surface area (Å²) in [5.41, 5.74) is -0.838. The van der Waals surface area contributed by atoms with E-state index in [1.54, 1.807) is 13.8 Å². The molecule has 0 aromatic carbocycles. The van der Waals surface area contributed by atoms with E-state index in [0.29, 0.717) is 0 Å². The summed E-state index contributed by atoms with van der Waals surface area (Å²) >= 11 is 11.8. The lowest BCUT2D eigenvalue weighted by molar-refractivity contribution is -0.138. The van der Waals surface area contributed by atoms with Crippen LogP contribution in [0.15, 0.2) is 0 Å². The summed E-state index contributed by atoms with van der Waals surface area (Å²) in [6, 6.07) is 0. The predicted molar refractivity (Wildman–Crippen MR) is 47.7 cm³/mol. The number of hydrogen-bond acceptors (Lipinski definition) is 2. The SMILES string of the molecule is CC1(C)C(=O)C(=O)C(C)(Cl)C1Cl. The van der Waals surface area contributed by atoms with E-state index in [1.165, 1.54) is 6.92 Å². The first-order valence-electron chi connectivity index (χ1n) is 3.64. The Morgan fingerprint density at radius 3 is 1.67 bits per heavy atom. The Balaban J connectivity index is 3.21. The minimum absolute atomic E-state index is 0.472. The molecule has 0 spiro atoms. The van der Waals surface area contributed by atoms with Gasteiger partial charge in [0.1, 0.15) is 4.87 Å². The molecule has 1 aliphatic rings. The van der Waals surface area contributed by atoms with Gasteiger partial charge in [-0.1, -0.05) is 13.8 Å². The quantitative estimate of drug-likeness (QED) is 0.450. The Labute approximate surface area is 81.2 Å². The fourth-order valence-corrected chi connectivity index (χ4v) is 1.98. The van der Waals surface area contributed by atoms with Crippen molar-refractivity contribution in [3.05, 3.63) is 0 Å². The highest BCUT2D eigenvalue weighted by atomic mass is 35.5. The number of Topliss-reactive ketones (excluding diaryl/α,β-unsaturated/α-hetero) is 2. The van der Waals surface area contributed by atoms with E-state index in [0.717, 1.165) is 0 Å². The van der Waals surface area contributed by atoms with Crippen molar-refractivity contribution in [1.82, 2.24) is 0 Å². The van der Waals surface area contributed by atoms with Gasteiger partial charge in [-0.2, -0.15) is 0 Å². The van der Waals surface area contributed by atoms with Crippen molar-refractivity contribution in [3.8, 4) is 0 Å². The minimum Gasteiger partial charge on any atom is -0.290 e. The fourth-order valence-electron chi connectivity index (χ4n) is 1.42. The van der Waals surface area contributed by atoms with Crippen molar-refractivity contribution in [1.29, 1.82) is 0 Å². The summed E-state index contributed by atoms with van der Waals surface area (Å²) in [5.74, 6) is -1.05. The van der Waals surface area contributed by atoms with E-state index in [4.69, 9.17) is 23.2 Å². The number of halogens is 2. The molecular weight excluding hydrogens is 199 g/mol. The van der Waals surface area contributed by atoms with Crippen LogP contribution in [0.2, 0.25) is 0 Å². The molecule has 4 heteroatoms. The second-order valence-electron chi connectivity index (χ2n) is 3.82. The summed E-state index contributed by atoms with van der Waals surface area (Å²) < 4.78 is 0. The highest BCUT2D eigenvalue weighted by molar-refractivity contribution is 6.60. The van der Waals surface area contributed by atoms with Crippen LogP contribution in [0, 0.1) is 5.41 Å². The first kappa shape index (κ1) is 10.0. The van der Waals surface area contributed by atoms with E-state index >= 15 is 0 Å². The van der Waals surface area contributed by atoms with Gasteiger partial charge in [0.25, 0.3) is 0 Å². The highest BCUT2D eigenvalue weighted by Crippen LogP contribution is 2.45. The number of alkyl halides is 2. The molecule has 0 saturated heterocycles. The van der Waals surface area contributed by atoms with Crippen LogP contribution in [-0.4, -0.2) is 21.8 Å². The van der Waals surface area contributed by atoms with Gasteiger partial charge in [-0.3, -0.25) is 9.59 Å². The second-order valence-corrected chi connectivity index (χ2v) is 5.04. The molecule has 0 aliphatic heterocycles. The van der Waals surface area contributed by atoms with Gasteiger partial charge >= 0.3 is 0 Å². The van der Waals surface area contributed by atoms with Crippen LogP contribution in [-0.2, 0) is 9.59 Å². The maximum absolute atomic E-state index is 11.3. The van der Waals surface area contributed by atoms with Gasteiger partial charge in [-0.25, -0.2) is 0 Å². The average Bonchev–Trinajstić information content (AvgIpc) is 2.06. The number of carbonyl (C=O) groups is 2.